The number of esters is 1. The summed E-state index contributed by atoms with van der Waals surface area (Å²) < 4.78 is 62.8. The fraction of sp³-hybridized carbons (Fsp3) is 0.382. The van der Waals surface area contributed by atoms with Crippen LogP contribution in [-0.4, -0.2) is 71.1 Å². The minimum absolute atomic E-state index is 0.0533. The summed E-state index contributed by atoms with van der Waals surface area (Å²) in [5, 5.41) is 23.1. The number of likely N-dealkylation sites (tertiary alicyclic amines) is 1. The van der Waals surface area contributed by atoms with Gasteiger partial charge < -0.3 is 23.9 Å². The summed E-state index contributed by atoms with van der Waals surface area (Å²) in [4.78, 5) is 24.4. The molecule has 5 rings (SSSR count). The summed E-state index contributed by atoms with van der Waals surface area (Å²) in [6, 6.07) is 17.8. The number of β-amino-alcohol motifs (C(OH)–C–C–N with tert-alkyl or cyclic N) is 1. The summed E-state index contributed by atoms with van der Waals surface area (Å²) in [5.41, 5.74) is -2.23. The first-order chi connectivity index (χ1) is 22.4. The quantitative estimate of drug-likeness (QED) is 0.112. The highest BCUT2D eigenvalue weighted by molar-refractivity contribution is 5.87. The van der Waals surface area contributed by atoms with Gasteiger partial charge in [0.25, 0.3) is 5.69 Å². The van der Waals surface area contributed by atoms with Crippen molar-refractivity contribution >= 4 is 22.6 Å². The fourth-order valence-corrected chi connectivity index (χ4v) is 5.95. The molecule has 1 N–H and O–H groups in total. The zero-order valence-corrected chi connectivity index (χ0v) is 26.0. The topological polar surface area (TPSA) is 116 Å². The molecule has 1 aliphatic heterocycles. The average molecular weight is 656 g/mol. The maximum Gasteiger partial charge on any atom is 0.422 e. The number of aromatic nitrogens is 1. The number of nitro groups is 1. The molecule has 1 aliphatic rings. The van der Waals surface area contributed by atoms with Crippen LogP contribution >= 0.6 is 0 Å². The molecule has 2 heterocycles. The maximum atomic E-state index is 14.9. The third-order valence-electron chi connectivity index (χ3n) is 8.35. The lowest BCUT2D eigenvalue weighted by atomic mass is 9.91. The van der Waals surface area contributed by atoms with Crippen LogP contribution in [0.4, 0.5) is 18.9 Å². The highest BCUT2D eigenvalue weighted by atomic mass is 19.4. The Labute approximate surface area is 269 Å². The lowest BCUT2D eigenvalue weighted by Crippen LogP contribution is -2.53. The van der Waals surface area contributed by atoms with Gasteiger partial charge >= 0.3 is 12.1 Å². The van der Waals surface area contributed by atoms with E-state index in [1.54, 1.807) is 54.3 Å². The number of nitrogens with zero attached hydrogens (tertiary/aromatic N) is 3. The van der Waals surface area contributed by atoms with Crippen molar-refractivity contribution in [3.63, 3.8) is 0 Å². The number of fused-ring (bicyclic) bond motifs is 1. The molecule has 3 aromatic carbocycles. The van der Waals surface area contributed by atoms with Gasteiger partial charge in [0.05, 0.1) is 30.6 Å². The van der Waals surface area contributed by atoms with E-state index in [4.69, 9.17) is 14.2 Å². The second kappa shape index (κ2) is 14.0. The van der Waals surface area contributed by atoms with Crippen LogP contribution in [0.15, 0.2) is 72.9 Å². The molecule has 0 radical (unpaired) electrons. The van der Waals surface area contributed by atoms with E-state index in [0.29, 0.717) is 29.9 Å². The van der Waals surface area contributed by atoms with Crippen molar-refractivity contribution in [2.75, 3.05) is 33.4 Å². The minimum Gasteiger partial charge on any atom is -0.493 e. The number of alkyl halides is 3. The van der Waals surface area contributed by atoms with Gasteiger partial charge in [-0.1, -0.05) is 36.4 Å². The number of benzene rings is 3. The van der Waals surface area contributed by atoms with Crippen LogP contribution in [0.3, 0.4) is 0 Å². The fourth-order valence-electron chi connectivity index (χ4n) is 5.95. The Hall–Kier alpha value is -4.62. The van der Waals surface area contributed by atoms with Crippen molar-refractivity contribution in [3.05, 3.63) is 99.7 Å². The van der Waals surface area contributed by atoms with Crippen LogP contribution in [0.1, 0.15) is 36.5 Å². The molecule has 0 bridgehead atoms. The minimum atomic E-state index is -5.05. The van der Waals surface area contributed by atoms with E-state index in [2.05, 4.69) is 0 Å². The monoisotopic (exact) mass is 655 g/mol. The second-order valence-corrected chi connectivity index (χ2v) is 11.5. The van der Waals surface area contributed by atoms with Crippen LogP contribution in [0.5, 0.6) is 11.5 Å². The summed E-state index contributed by atoms with van der Waals surface area (Å²) in [5.74, 6) is 0.494. The molecular weight excluding hydrogens is 619 g/mol. The first-order valence-corrected chi connectivity index (χ1v) is 15.2. The van der Waals surface area contributed by atoms with Crippen LogP contribution in [-0.2, 0) is 28.1 Å². The SMILES string of the molecule is CCOC(=O)Cc1ccc(OC)c(OC2CCN(CC(O)(c3cn(Cc4ccccc4)c4cc([N+](=O)[O-])ccc34)C(F)(F)F)CC2)c1. The molecule has 0 saturated carbocycles. The molecular formula is C34H36F3N3O7. The van der Waals surface area contributed by atoms with Gasteiger partial charge in [0, 0.05) is 55.5 Å². The second-order valence-electron chi connectivity index (χ2n) is 11.5. The Bertz CT molecular complexity index is 1720. The number of hydrogen-bond acceptors (Lipinski definition) is 8. The van der Waals surface area contributed by atoms with Crippen molar-refractivity contribution in [1.82, 2.24) is 9.47 Å². The van der Waals surface area contributed by atoms with E-state index >= 15 is 0 Å². The van der Waals surface area contributed by atoms with Gasteiger partial charge in [-0.25, -0.2) is 0 Å². The van der Waals surface area contributed by atoms with E-state index < -0.39 is 23.2 Å². The molecule has 1 atom stereocenters. The van der Waals surface area contributed by atoms with Gasteiger partial charge in [-0.05, 0) is 49.1 Å². The van der Waals surface area contributed by atoms with Gasteiger partial charge in [0.15, 0.2) is 11.5 Å². The van der Waals surface area contributed by atoms with Gasteiger partial charge in [-0.3, -0.25) is 19.8 Å². The number of hydrogen-bond donors (Lipinski definition) is 1. The molecule has 0 spiro atoms. The van der Waals surface area contributed by atoms with Crippen LogP contribution in [0.2, 0.25) is 0 Å². The molecule has 1 fully saturated rings. The molecule has 1 saturated heterocycles. The number of ether oxygens (including phenoxy) is 3. The molecule has 1 aromatic heterocycles. The van der Waals surface area contributed by atoms with Crippen molar-refractivity contribution in [2.45, 2.75) is 50.6 Å². The molecule has 250 valence electrons. The van der Waals surface area contributed by atoms with Gasteiger partial charge in [0.2, 0.25) is 5.60 Å². The number of nitro benzene ring substituents is 1. The maximum absolute atomic E-state index is 14.9. The predicted molar refractivity (Wildman–Crippen MR) is 168 cm³/mol. The number of carbonyl (C=O) groups excluding carboxylic acids is 1. The number of aliphatic hydroxyl groups is 1. The number of halogens is 3. The summed E-state index contributed by atoms with van der Waals surface area (Å²) >= 11 is 0. The van der Waals surface area contributed by atoms with E-state index in [0.717, 1.165) is 11.6 Å². The zero-order chi connectivity index (χ0) is 33.8. The standard InChI is InChI=1S/C34H36F3N3O7/c1-3-46-32(41)18-24-9-12-30(45-2)31(17-24)47-26-13-15-38(16-14-26)22-33(42,34(35,36)37)28-21-39(20-23-7-5-4-6-8-23)29-19-25(40(43)44)10-11-27(28)29/h4-12,17,19,21,26,42H,3,13-16,18,20,22H2,1-2H3. The first kappa shape index (κ1) is 33.7. The Morgan fingerprint density at radius 1 is 1.02 bits per heavy atom. The molecule has 0 amide bonds. The van der Waals surface area contributed by atoms with Crippen molar-refractivity contribution < 1.29 is 42.2 Å². The van der Waals surface area contributed by atoms with Crippen molar-refractivity contribution in [3.8, 4) is 11.5 Å². The van der Waals surface area contributed by atoms with Crippen LogP contribution in [0, 0.1) is 10.1 Å². The third-order valence-corrected chi connectivity index (χ3v) is 8.35. The van der Waals surface area contributed by atoms with Crippen LogP contribution in [0.25, 0.3) is 10.9 Å². The Morgan fingerprint density at radius 3 is 2.38 bits per heavy atom. The van der Waals surface area contributed by atoms with E-state index in [9.17, 15) is 33.2 Å². The van der Waals surface area contributed by atoms with Gasteiger partial charge in [-0.15, -0.1) is 0 Å². The van der Waals surface area contributed by atoms with Crippen molar-refractivity contribution in [2.24, 2.45) is 0 Å². The molecule has 1 unspecified atom stereocenters. The lowest BCUT2D eigenvalue weighted by molar-refractivity contribution is -0.384. The van der Waals surface area contributed by atoms with Crippen molar-refractivity contribution in [1.29, 1.82) is 0 Å². The van der Waals surface area contributed by atoms with Crippen LogP contribution < -0.4 is 9.47 Å². The average Bonchev–Trinajstić information content (AvgIpc) is 3.40. The Balaban J connectivity index is 1.37. The summed E-state index contributed by atoms with van der Waals surface area (Å²) in [7, 11) is 1.49. The number of carbonyl (C=O) groups is 1. The smallest absolute Gasteiger partial charge is 0.422 e. The summed E-state index contributed by atoms with van der Waals surface area (Å²) in [6.07, 6.45) is -3.34. The number of non-ortho nitro benzene ring substituents is 1. The Morgan fingerprint density at radius 2 is 1.74 bits per heavy atom. The molecule has 47 heavy (non-hydrogen) atoms. The molecule has 0 aliphatic carbocycles. The highest BCUT2D eigenvalue weighted by Gasteiger charge is 2.57. The highest BCUT2D eigenvalue weighted by Crippen LogP contribution is 2.44. The number of piperidine rings is 1. The van der Waals surface area contributed by atoms with Gasteiger partial charge in [0.1, 0.15) is 6.10 Å². The lowest BCUT2D eigenvalue weighted by Gasteiger charge is -2.39. The largest absolute Gasteiger partial charge is 0.493 e. The predicted octanol–water partition coefficient (Wildman–Crippen LogP) is 6.01. The Kier molecular flexibility index (Phi) is 10.1. The zero-order valence-electron chi connectivity index (χ0n) is 26.0. The third kappa shape index (κ3) is 7.52. The van der Waals surface area contributed by atoms with E-state index in [1.165, 1.54) is 30.0 Å². The number of methoxy groups -OCH3 is 1. The molecule has 4 aromatic rings. The molecule has 13 heteroatoms. The van der Waals surface area contributed by atoms with E-state index in [1.807, 2.05) is 6.07 Å². The summed E-state index contributed by atoms with van der Waals surface area (Å²) in [6.45, 7) is 1.83. The number of rotatable bonds is 12. The first-order valence-electron chi connectivity index (χ1n) is 15.2. The van der Waals surface area contributed by atoms with E-state index in [-0.39, 0.29) is 66.9 Å². The normalized spacial score (nSPS) is 15.7. The molecule has 10 nitrogen and oxygen atoms in total. The van der Waals surface area contributed by atoms with Gasteiger partial charge in [-0.2, -0.15) is 13.2 Å².